The Morgan fingerprint density at radius 2 is 2.00 bits per heavy atom. The third-order valence-corrected chi connectivity index (χ3v) is 1.87. The molecule has 0 saturated carbocycles. The molecule has 1 aliphatic rings. The molecule has 0 aromatic rings. The molecule has 0 aliphatic carbocycles. The van der Waals surface area contributed by atoms with Crippen LogP contribution in [0.4, 0.5) is 0 Å². The molecule has 0 bridgehead atoms. The lowest BCUT2D eigenvalue weighted by Gasteiger charge is -2.08. The quantitative estimate of drug-likeness (QED) is 0.611. The first-order valence-electron chi connectivity index (χ1n) is 4.19. The van der Waals surface area contributed by atoms with E-state index >= 15 is 0 Å². The van der Waals surface area contributed by atoms with Gasteiger partial charge in [0.05, 0.1) is 6.54 Å². The maximum Gasteiger partial charge on any atom is 0.315 e. The van der Waals surface area contributed by atoms with Crippen molar-refractivity contribution in [2.24, 2.45) is 0 Å². The summed E-state index contributed by atoms with van der Waals surface area (Å²) in [4.78, 5) is 12.3. The van der Waals surface area contributed by atoms with Crippen LogP contribution in [0, 0.1) is 11.8 Å². The second-order valence-corrected chi connectivity index (χ2v) is 2.91. The number of carboxylic acids is 1. The first-order valence-corrected chi connectivity index (χ1v) is 4.19. The number of carbonyl (C=O) groups is 1. The van der Waals surface area contributed by atoms with Gasteiger partial charge in [-0.1, -0.05) is 11.8 Å². The zero-order chi connectivity index (χ0) is 8.81. The van der Waals surface area contributed by atoms with Crippen LogP contribution in [-0.2, 0) is 4.79 Å². The molecule has 3 nitrogen and oxygen atoms in total. The standard InChI is InChI=1S/C9H13NO2/c11-9(12)5-1-2-6-10-7-3-4-8-10/h3-8H2,(H,11,12). The van der Waals surface area contributed by atoms with Gasteiger partial charge in [0, 0.05) is 0 Å². The minimum atomic E-state index is -0.844. The van der Waals surface area contributed by atoms with Crippen molar-refractivity contribution < 1.29 is 9.90 Å². The summed E-state index contributed by atoms with van der Waals surface area (Å²) in [6, 6.07) is 0. The average molecular weight is 167 g/mol. The van der Waals surface area contributed by atoms with E-state index in [0.717, 1.165) is 19.6 Å². The Hall–Kier alpha value is -1.01. The summed E-state index contributed by atoms with van der Waals surface area (Å²) >= 11 is 0. The molecule has 1 heterocycles. The van der Waals surface area contributed by atoms with E-state index in [1.165, 1.54) is 12.8 Å². The van der Waals surface area contributed by atoms with E-state index in [0.29, 0.717) is 0 Å². The van der Waals surface area contributed by atoms with E-state index in [2.05, 4.69) is 16.7 Å². The van der Waals surface area contributed by atoms with Crippen molar-refractivity contribution in [2.75, 3.05) is 19.6 Å². The third-order valence-electron chi connectivity index (χ3n) is 1.87. The highest BCUT2D eigenvalue weighted by atomic mass is 16.4. The number of aliphatic carboxylic acids is 1. The molecule has 12 heavy (non-hydrogen) atoms. The third kappa shape index (κ3) is 3.40. The Morgan fingerprint density at radius 3 is 2.58 bits per heavy atom. The fraction of sp³-hybridized carbons (Fsp3) is 0.667. The van der Waals surface area contributed by atoms with Gasteiger partial charge in [0.25, 0.3) is 0 Å². The summed E-state index contributed by atoms with van der Waals surface area (Å²) in [6.45, 7) is 2.96. The summed E-state index contributed by atoms with van der Waals surface area (Å²) in [5.41, 5.74) is 0. The molecular weight excluding hydrogens is 154 g/mol. The van der Waals surface area contributed by atoms with E-state index in [1.807, 2.05) is 0 Å². The van der Waals surface area contributed by atoms with Crippen molar-refractivity contribution in [1.29, 1.82) is 0 Å². The summed E-state index contributed by atoms with van der Waals surface area (Å²) in [7, 11) is 0. The van der Waals surface area contributed by atoms with Crippen LogP contribution in [-0.4, -0.2) is 35.6 Å². The monoisotopic (exact) mass is 167 g/mol. The SMILES string of the molecule is O=C(O)CC#CCN1CCCC1. The predicted molar refractivity (Wildman–Crippen MR) is 45.7 cm³/mol. The van der Waals surface area contributed by atoms with E-state index in [4.69, 9.17) is 5.11 Å². The van der Waals surface area contributed by atoms with Crippen molar-refractivity contribution in [3.63, 3.8) is 0 Å². The van der Waals surface area contributed by atoms with Gasteiger partial charge in [-0.3, -0.25) is 9.69 Å². The molecule has 0 atom stereocenters. The van der Waals surface area contributed by atoms with Crippen LogP contribution in [0.3, 0.4) is 0 Å². The van der Waals surface area contributed by atoms with E-state index in [-0.39, 0.29) is 6.42 Å². The summed E-state index contributed by atoms with van der Waals surface area (Å²) < 4.78 is 0. The first-order chi connectivity index (χ1) is 5.79. The zero-order valence-corrected chi connectivity index (χ0v) is 7.05. The number of rotatable bonds is 2. The second kappa shape index (κ2) is 4.78. The molecule has 0 aromatic heterocycles. The Balaban J connectivity index is 2.13. The summed E-state index contributed by atoms with van der Waals surface area (Å²) in [5.74, 6) is 4.63. The highest BCUT2D eigenvalue weighted by Crippen LogP contribution is 2.05. The molecule has 0 aromatic carbocycles. The van der Waals surface area contributed by atoms with Crippen molar-refractivity contribution in [3.05, 3.63) is 0 Å². The zero-order valence-electron chi connectivity index (χ0n) is 7.05. The fourth-order valence-corrected chi connectivity index (χ4v) is 1.25. The van der Waals surface area contributed by atoms with Crippen LogP contribution in [0.5, 0.6) is 0 Å². The fourth-order valence-electron chi connectivity index (χ4n) is 1.25. The van der Waals surface area contributed by atoms with Crippen LogP contribution in [0.1, 0.15) is 19.3 Å². The molecule has 1 N–H and O–H groups in total. The molecule has 0 unspecified atom stereocenters. The molecular formula is C9H13NO2. The van der Waals surface area contributed by atoms with Gasteiger partial charge in [-0.25, -0.2) is 0 Å². The van der Waals surface area contributed by atoms with Crippen molar-refractivity contribution >= 4 is 5.97 Å². The molecule has 1 rings (SSSR count). The highest BCUT2D eigenvalue weighted by molar-refractivity contribution is 5.69. The van der Waals surface area contributed by atoms with Gasteiger partial charge in [0.1, 0.15) is 6.42 Å². The van der Waals surface area contributed by atoms with E-state index in [1.54, 1.807) is 0 Å². The number of carboxylic acid groups (broad SMARTS) is 1. The van der Waals surface area contributed by atoms with Gasteiger partial charge in [-0.2, -0.15) is 0 Å². The molecule has 0 spiro atoms. The molecule has 66 valence electrons. The van der Waals surface area contributed by atoms with Crippen LogP contribution < -0.4 is 0 Å². The van der Waals surface area contributed by atoms with Gasteiger partial charge in [0.15, 0.2) is 0 Å². The second-order valence-electron chi connectivity index (χ2n) is 2.91. The van der Waals surface area contributed by atoms with E-state index in [9.17, 15) is 4.79 Å². The Labute approximate surface area is 72.4 Å². The van der Waals surface area contributed by atoms with Crippen LogP contribution >= 0.6 is 0 Å². The maximum atomic E-state index is 10.1. The number of likely N-dealkylation sites (tertiary alicyclic amines) is 1. The Bertz CT molecular complexity index is 208. The Kier molecular flexibility index (Phi) is 3.62. The summed E-state index contributed by atoms with van der Waals surface area (Å²) in [6.07, 6.45) is 2.47. The van der Waals surface area contributed by atoms with Gasteiger partial charge in [-0.15, -0.1) is 0 Å². The topological polar surface area (TPSA) is 40.5 Å². The van der Waals surface area contributed by atoms with Gasteiger partial charge in [0.2, 0.25) is 0 Å². The maximum absolute atomic E-state index is 10.1. The van der Waals surface area contributed by atoms with Gasteiger partial charge < -0.3 is 5.11 Å². The number of hydrogen-bond donors (Lipinski definition) is 1. The van der Waals surface area contributed by atoms with Crippen molar-refractivity contribution in [1.82, 2.24) is 4.90 Å². The smallest absolute Gasteiger partial charge is 0.315 e. The van der Waals surface area contributed by atoms with Crippen molar-refractivity contribution in [2.45, 2.75) is 19.3 Å². The lowest BCUT2D eigenvalue weighted by Crippen LogP contribution is -2.19. The van der Waals surface area contributed by atoms with E-state index < -0.39 is 5.97 Å². The molecule has 1 saturated heterocycles. The normalized spacial score (nSPS) is 17.0. The molecule has 1 fully saturated rings. The van der Waals surface area contributed by atoms with Crippen molar-refractivity contribution in [3.8, 4) is 11.8 Å². The number of nitrogens with zero attached hydrogens (tertiary/aromatic N) is 1. The van der Waals surface area contributed by atoms with Gasteiger partial charge in [-0.05, 0) is 25.9 Å². The highest BCUT2D eigenvalue weighted by Gasteiger charge is 2.08. The number of hydrogen-bond acceptors (Lipinski definition) is 2. The van der Waals surface area contributed by atoms with Crippen LogP contribution in [0.2, 0.25) is 0 Å². The Morgan fingerprint density at radius 1 is 1.33 bits per heavy atom. The summed E-state index contributed by atoms with van der Waals surface area (Å²) in [5, 5.41) is 8.29. The minimum absolute atomic E-state index is 0.0339. The van der Waals surface area contributed by atoms with Gasteiger partial charge >= 0.3 is 5.97 Å². The molecule has 0 amide bonds. The first kappa shape index (κ1) is 9.08. The lowest BCUT2D eigenvalue weighted by molar-refractivity contribution is -0.135. The average Bonchev–Trinajstić information content (AvgIpc) is 2.49. The lowest BCUT2D eigenvalue weighted by atomic mass is 10.4. The van der Waals surface area contributed by atoms with Crippen LogP contribution in [0.25, 0.3) is 0 Å². The predicted octanol–water partition coefficient (Wildman–Crippen LogP) is 0.560. The molecule has 3 heteroatoms. The van der Waals surface area contributed by atoms with Crippen LogP contribution in [0.15, 0.2) is 0 Å². The molecule has 1 aliphatic heterocycles. The minimum Gasteiger partial charge on any atom is -0.481 e. The molecule has 0 radical (unpaired) electrons. The largest absolute Gasteiger partial charge is 0.481 e.